The average Bonchev–Trinajstić information content (AvgIpc) is 2.96. The number of benzene rings is 1. The van der Waals surface area contributed by atoms with Crippen LogP contribution in [0.2, 0.25) is 0 Å². The Morgan fingerprint density at radius 3 is 2.70 bits per heavy atom. The zero-order chi connectivity index (χ0) is 13.9. The highest BCUT2D eigenvalue weighted by molar-refractivity contribution is 5.99. The average molecular weight is 273 g/mol. The van der Waals surface area contributed by atoms with Gasteiger partial charge in [-0.2, -0.15) is 0 Å². The molecule has 20 heavy (non-hydrogen) atoms. The number of piperidine rings is 1. The maximum Gasteiger partial charge on any atom is 0.230 e. The topological polar surface area (TPSA) is 55.4 Å². The Labute approximate surface area is 118 Å². The molecule has 0 radical (unpaired) electrons. The van der Waals surface area contributed by atoms with Crippen LogP contribution in [0.1, 0.15) is 18.4 Å². The fourth-order valence-corrected chi connectivity index (χ4v) is 3.33. The third-order valence-corrected chi connectivity index (χ3v) is 4.41. The first-order valence-corrected chi connectivity index (χ1v) is 7.19. The third-order valence-electron chi connectivity index (χ3n) is 4.41. The highest BCUT2D eigenvalue weighted by Gasteiger charge is 2.41. The Morgan fingerprint density at radius 1 is 1.20 bits per heavy atom. The van der Waals surface area contributed by atoms with E-state index in [1.54, 1.807) is 0 Å². The minimum Gasteiger partial charge on any atom is -0.381 e. The van der Waals surface area contributed by atoms with Crippen molar-refractivity contribution in [1.29, 1.82) is 0 Å². The van der Waals surface area contributed by atoms with Crippen molar-refractivity contribution in [2.24, 2.45) is 17.8 Å². The molecule has 2 saturated heterocycles. The summed E-state index contributed by atoms with van der Waals surface area (Å²) in [6.45, 7) is 1.42. The van der Waals surface area contributed by atoms with Crippen LogP contribution in [0.3, 0.4) is 0 Å². The standard InChI is InChI=1S/C16H19NO3/c18-15-9-13(12-6-7-20-10-12)14(16(19)17-15)8-11-4-2-1-3-5-11/h1-5,12-14H,6-10H2,(H,17,18,19). The first-order chi connectivity index (χ1) is 9.74. The van der Waals surface area contributed by atoms with Crippen LogP contribution in [0.4, 0.5) is 0 Å². The maximum atomic E-state index is 12.2. The van der Waals surface area contributed by atoms with Crippen LogP contribution in [-0.2, 0) is 20.7 Å². The SMILES string of the molecule is O=C1CC(C2CCOC2)C(Cc2ccccc2)C(=O)N1. The Kier molecular flexibility index (Phi) is 3.83. The van der Waals surface area contributed by atoms with Gasteiger partial charge in [-0.1, -0.05) is 30.3 Å². The van der Waals surface area contributed by atoms with E-state index in [1.807, 2.05) is 30.3 Å². The molecule has 2 amide bonds. The van der Waals surface area contributed by atoms with Gasteiger partial charge in [-0.05, 0) is 30.2 Å². The quantitative estimate of drug-likeness (QED) is 0.850. The van der Waals surface area contributed by atoms with Gasteiger partial charge in [0.1, 0.15) is 0 Å². The molecule has 0 aliphatic carbocycles. The smallest absolute Gasteiger partial charge is 0.230 e. The molecule has 3 unspecified atom stereocenters. The van der Waals surface area contributed by atoms with Crippen molar-refractivity contribution in [3.63, 3.8) is 0 Å². The number of carbonyl (C=O) groups is 2. The van der Waals surface area contributed by atoms with Gasteiger partial charge < -0.3 is 4.74 Å². The predicted molar refractivity (Wildman–Crippen MR) is 73.8 cm³/mol. The molecular weight excluding hydrogens is 254 g/mol. The number of hydrogen-bond acceptors (Lipinski definition) is 3. The summed E-state index contributed by atoms with van der Waals surface area (Å²) >= 11 is 0. The number of amides is 2. The molecule has 2 heterocycles. The van der Waals surface area contributed by atoms with Crippen molar-refractivity contribution >= 4 is 11.8 Å². The molecule has 2 aliphatic rings. The molecule has 0 spiro atoms. The maximum absolute atomic E-state index is 12.2. The van der Waals surface area contributed by atoms with Crippen molar-refractivity contribution in [2.75, 3.05) is 13.2 Å². The molecule has 4 nitrogen and oxygen atoms in total. The first-order valence-electron chi connectivity index (χ1n) is 7.19. The number of nitrogens with one attached hydrogen (secondary N) is 1. The van der Waals surface area contributed by atoms with Crippen LogP contribution in [0.5, 0.6) is 0 Å². The van der Waals surface area contributed by atoms with Gasteiger partial charge in [-0.25, -0.2) is 0 Å². The first kappa shape index (κ1) is 13.3. The summed E-state index contributed by atoms with van der Waals surface area (Å²) in [7, 11) is 0. The van der Waals surface area contributed by atoms with Crippen LogP contribution in [0, 0.1) is 17.8 Å². The van der Waals surface area contributed by atoms with Gasteiger partial charge in [-0.3, -0.25) is 14.9 Å². The molecule has 3 rings (SSSR count). The van der Waals surface area contributed by atoms with Gasteiger partial charge in [0, 0.05) is 25.6 Å². The van der Waals surface area contributed by atoms with Gasteiger partial charge >= 0.3 is 0 Å². The van der Waals surface area contributed by atoms with E-state index in [0.29, 0.717) is 25.4 Å². The van der Waals surface area contributed by atoms with E-state index in [-0.39, 0.29) is 23.7 Å². The Hall–Kier alpha value is -1.68. The van der Waals surface area contributed by atoms with Gasteiger partial charge in [0.2, 0.25) is 11.8 Å². The van der Waals surface area contributed by atoms with Gasteiger partial charge in [0.15, 0.2) is 0 Å². The molecule has 1 N–H and O–H groups in total. The van der Waals surface area contributed by atoms with Gasteiger partial charge in [0.25, 0.3) is 0 Å². The fourth-order valence-electron chi connectivity index (χ4n) is 3.33. The summed E-state index contributed by atoms with van der Waals surface area (Å²) in [6.07, 6.45) is 2.09. The molecule has 1 aromatic carbocycles. The summed E-state index contributed by atoms with van der Waals surface area (Å²) in [5.41, 5.74) is 1.14. The zero-order valence-corrected chi connectivity index (χ0v) is 11.4. The molecule has 0 aromatic heterocycles. The Morgan fingerprint density at radius 2 is 2.00 bits per heavy atom. The number of carbonyl (C=O) groups excluding carboxylic acids is 2. The van der Waals surface area contributed by atoms with Crippen molar-refractivity contribution in [3.8, 4) is 0 Å². The molecule has 106 valence electrons. The minimum absolute atomic E-state index is 0.110. The summed E-state index contributed by atoms with van der Waals surface area (Å²) in [6, 6.07) is 10.00. The summed E-state index contributed by atoms with van der Waals surface area (Å²) in [4.78, 5) is 23.9. The van der Waals surface area contributed by atoms with E-state index in [4.69, 9.17) is 4.74 Å². The fraction of sp³-hybridized carbons (Fsp3) is 0.500. The molecule has 2 aliphatic heterocycles. The van der Waals surface area contributed by atoms with E-state index >= 15 is 0 Å². The Balaban J connectivity index is 1.80. The summed E-state index contributed by atoms with van der Waals surface area (Å²) < 4.78 is 5.44. The lowest BCUT2D eigenvalue weighted by molar-refractivity contribution is -0.140. The third kappa shape index (κ3) is 2.75. The van der Waals surface area contributed by atoms with Crippen LogP contribution in [0.15, 0.2) is 30.3 Å². The predicted octanol–water partition coefficient (Wildman–Crippen LogP) is 1.54. The van der Waals surface area contributed by atoms with Crippen molar-refractivity contribution < 1.29 is 14.3 Å². The molecule has 3 atom stereocenters. The van der Waals surface area contributed by atoms with Crippen LogP contribution in [-0.4, -0.2) is 25.0 Å². The number of ether oxygens (including phenoxy) is 1. The molecule has 4 heteroatoms. The van der Waals surface area contributed by atoms with Gasteiger partial charge in [-0.15, -0.1) is 0 Å². The van der Waals surface area contributed by atoms with Crippen molar-refractivity contribution in [1.82, 2.24) is 5.32 Å². The second-order valence-electron chi connectivity index (χ2n) is 5.70. The molecule has 0 saturated carbocycles. The largest absolute Gasteiger partial charge is 0.381 e. The van der Waals surface area contributed by atoms with Crippen LogP contribution < -0.4 is 5.32 Å². The highest BCUT2D eigenvalue weighted by Crippen LogP contribution is 2.35. The monoisotopic (exact) mass is 273 g/mol. The van der Waals surface area contributed by atoms with Crippen molar-refractivity contribution in [2.45, 2.75) is 19.3 Å². The number of imide groups is 1. The van der Waals surface area contributed by atoms with Crippen LogP contribution in [0.25, 0.3) is 0 Å². The van der Waals surface area contributed by atoms with E-state index < -0.39 is 0 Å². The number of rotatable bonds is 3. The molecule has 0 bridgehead atoms. The zero-order valence-electron chi connectivity index (χ0n) is 11.4. The lowest BCUT2D eigenvalue weighted by Crippen LogP contribution is -2.48. The van der Waals surface area contributed by atoms with Crippen LogP contribution >= 0.6 is 0 Å². The van der Waals surface area contributed by atoms with E-state index in [0.717, 1.165) is 18.6 Å². The molecular formula is C16H19NO3. The normalized spacial score (nSPS) is 30.3. The van der Waals surface area contributed by atoms with E-state index in [2.05, 4.69) is 5.32 Å². The number of hydrogen-bond donors (Lipinski definition) is 1. The van der Waals surface area contributed by atoms with Crippen molar-refractivity contribution in [3.05, 3.63) is 35.9 Å². The minimum atomic E-state index is -0.142. The van der Waals surface area contributed by atoms with E-state index in [9.17, 15) is 9.59 Å². The lowest BCUT2D eigenvalue weighted by Gasteiger charge is -2.33. The highest BCUT2D eigenvalue weighted by atomic mass is 16.5. The van der Waals surface area contributed by atoms with E-state index in [1.165, 1.54) is 0 Å². The van der Waals surface area contributed by atoms with Gasteiger partial charge in [0.05, 0.1) is 0 Å². The summed E-state index contributed by atoms with van der Waals surface area (Å²) in [5, 5.41) is 2.48. The molecule has 2 fully saturated rings. The Bertz CT molecular complexity index is 494. The lowest BCUT2D eigenvalue weighted by atomic mass is 9.73. The second-order valence-corrected chi connectivity index (χ2v) is 5.70. The second kappa shape index (κ2) is 5.75. The summed E-state index contributed by atoms with van der Waals surface area (Å²) in [5.74, 6) is 0.0534. The molecule has 1 aromatic rings.